The Morgan fingerprint density at radius 3 is 3.06 bits per heavy atom. The Kier molecular flexibility index (Phi) is 2.11. The molecule has 0 saturated carbocycles. The molecule has 6 heteroatoms. The predicted molar refractivity (Wildman–Crippen MR) is 59.6 cm³/mol. The lowest BCUT2D eigenvalue weighted by molar-refractivity contribution is 0.0988. The maximum absolute atomic E-state index is 11.7. The summed E-state index contributed by atoms with van der Waals surface area (Å²) >= 11 is 0. The molecule has 3 rings (SSSR count). The first kappa shape index (κ1) is 9.59. The average Bonchev–Trinajstić information content (AvgIpc) is 2.99. The number of nitrogens with zero attached hydrogens (tertiary/aromatic N) is 3. The van der Waals surface area contributed by atoms with Crippen LogP contribution >= 0.6 is 0 Å². The first-order valence-corrected chi connectivity index (χ1v) is 4.98. The van der Waals surface area contributed by atoms with Gasteiger partial charge in [0.25, 0.3) is 5.91 Å². The molecule has 0 aliphatic heterocycles. The van der Waals surface area contributed by atoms with Gasteiger partial charge in [0, 0.05) is 24.1 Å². The highest BCUT2D eigenvalue weighted by Gasteiger charge is 2.09. The largest absolute Gasteiger partial charge is 0.351 e. The van der Waals surface area contributed by atoms with Crippen molar-refractivity contribution in [2.75, 3.05) is 5.32 Å². The predicted octanol–water partition coefficient (Wildman–Crippen LogP) is 1.57. The Morgan fingerprint density at radius 1 is 1.29 bits per heavy atom. The quantitative estimate of drug-likeness (QED) is 0.722. The van der Waals surface area contributed by atoms with Gasteiger partial charge in [-0.1, -0.05) is 5.16 Å². The molecule has 3 aromatic heterocycles. The highest BCUT2D eigenvalue weighted by atomic mass is 16.5. The van der Waals surface area contributed by atoms with Crippen LogP contribution in [-0.2, 0) is 0 Å². The highest BCUT2D eigenvalue weighted by molar-refractivity contribution is 6.02. The first-order chi connectivity index (χ1) is 8.33. The van der Waals surface area contributed by atoms with Crippen LogP contribution in [0.4, 0.5) is 5.69 Å². The summed E-state index contributed by atoms with van der Waals surface area (Å²) in [4.78, 5) is 11.7. The fraction of sp³-hybridized carbons (Fsp3) is 0. The molecule has 0 unspecified atom stereocenters. The fourth-order valence-corrected chi connectivity index (χ4v) is 1.53. The zero-order valence-electron chi connectivity index (χ0n) is 8.70. The van der Waals surface area contributed by atoms with E-state index in [1.807, 2.05) is 12.1 Å². The summed E-state index contributed by atoms with van der Waals surface area (Å²) in [6, 6.07) is 6.94. The number of rotatable bonds is 2. The van der Waals surface area contributed by atoms with Crippen LogP contribution in [0.25, 0.3) is 5.52 Å². The van der Waals surface area contributed by atoms with Crippen LogP contribution in [0.1, 0.15) is 10.6 Å². The zero-order chi connectivity index (χ0) is 11.7. The number of amides is 1. The lowest BCUT2D eigenvalue weighted by Gasteiger charge is -2.02. The van der Waals surface area contributed by atoms with Crippen LogP contribution in [0.15, 0.2) is 47.4 Å². The van der Waals surface area contributed by atoms with E-state index in [2.05, 4.69) is 15.6 Å². The number of anilines is 1. The van der Waals surface area contributed by atoms with Crippen molar-refractivity contribution in [2.24, 2.45) is 0 Å². The normalized spacial score (nSPS) is 10.6. The molecule has 17 heavy (non-hydrogen) atoms. The number of pyridine rings is 1. The van der Waals surface area contributed by atoms with Gasteiger partial charge in [0.05, 0.1) is 11.7 Å². The van der Waals surface area contributed by atoms with Crippen LogP contribution in [0.5, 0.6) is 0 Å². The summed E-state index contributed by atoms with van der Waals surface area (Å²) in [7, 11) is 0. The summed E-state index contributed by atoms with van der Waals surface area (Å²) in [5.41, 5.74) is 1.58. The molecule has 0 radical (unpaired) electrons. The molecule has 0 bridgehead atoms. The van der Waals surface area contributed by atoms with E-state index >= 15 is 0 Å². The second-order valence-corrected chi connectivity index (χ2v) is 3.45. The number of carbonyl (C=O) groups is 1. The molecule has 0 atom stereocenters. The third kappa shape index (κ3) is 1.76. The van der Waals surface area contributed by atoms with E-state index < -0.39 is 0 Å². The molecule has 3 heterocycles. The van der Waals surface area contributed by atoms with Gasteiger partial charge < -0.3 is 9.84 Å². The van der Waals surface area contributed by atoms with Gasteiger partial charge in [-0.25, -0.2) is 4.52 Å². The Balaban J connectivity index is 1.87. The van der Waals surface area contributed by atoms with Gasteiger partial charge in [0.1, 0.15) is 0 Å². The van der Waals surface area contributed by atoms with E-state index in [0.29, 0.717) is 5.69 Å². The van der Waals surface area contributed by atoms with Gasteiger partial charge in [-0.15, -0.1) is 0 Å². The van der Waals surface area contributed by atoms with Crippen molar-refractivity contribution in [3.05, 3.63) is 48.6 Å². The van der Waals surface area contributed by atoms with Crippen LogP contribution in [0.3, 0.4) is 0 Å². The molecule has 0 fully saturated rings. The van der Waals surface area contributed by atoms with Crippen molar-refractivity contribution < 1.29 is 9.32 Å². The van der Waals surface area contributed by atoms with Crippen molar-refractivity contribution in [1.82, 2.24) is 14.8 Å². The van der Waals surface area contributed by atoms with Crippen molar-refractivity contribution >= 4 is 17.1 Å². The van der Waals surface area contributed by atoms with E-state index in [-0.39, 0.29) is 11.7 Å². The van der Waals surface area contributed by atoms with E-state index in [0.717, 1.165) is 5.52 Å². The molecule has 0 spiro atoms. The van der Waals surface area contributed by atoms with E-state index in [9.17, 15) is 4.79 Å². The van der Waals surface area contributed by atoms with Gasteiger partial charge in [-0.2, -0.15) is 5.10 Å². The second-order valence-electron chi connectivity index (χ2n) is 3.45. The minimum atomic E-state index is -0.327. The van der Waals surface area contributed by atoms with Gasteiger partial charge in [0.15, 0.2) is 0 Å². The van der Waals surface area contributed by atoms with E-state index in [1.54, 1.807) is 23.0 Å². The number of fused-ring (bicyclic) bond motifs is 1. The summed E-state index contributed by atoms with van der Waals surface area (Å²) in [5, 5.41) is 10.3. The highest BCUT2D eigenvalue weighted by Crippen LogP contribution is 2.12. The minimum Gasteiger partial charge on any atom is -0.351 e. The van der Waals surface area contributed by atoms with Crippen molar-refractivity contribution in [2.45, 2.75) is 0 Å². The number of carbonyl (C=O) groups excluding carboxylic acids is 1. The maximum Gasteiger partial charge on any atom is 0.294 e. The zero-order valence-corrected chi connectivity index (χ0v) is 8.70. The van der Waals surface area contributed by atoms with E-state index in [4.69, 9.17) is 4.52 Å². The second kappa shape index (κ2) is 3.75. The molecule has 6 nitrogen and oxygen atoms in total. The molecular weight excluding hydrogens is 220 g/mol. The molecule has 84 valence electrons. The standard InChI is InChI=1S/C11H8N4O2/c16-11(10-2-5-13-17-10)14-8-3-6-15-9(7-8)1-4-12-15/h1-7H,(H,14,16). The summed E-state index contributed by atoms with van der Waals surface area (Å²) < 4.78 is 6.47. The minimum absolute atomic E-state index is 0.179. The molecule has 3 aromatic rings. The van der Waals surface area contributed by atoms with Crippen molar-refractivity contribution in [1.29, 1.82) is 0 Å². The van der Waals surface area contributed by atoms with E-state index in [1.165, 1.54) is 12.3 Å². The summed E-state index contributed by atoms with van der Waals surface area (Å²) in [5.74, 6) is -0.148. The number of hydrogen-bond acceptors (Lipinski definition) is 4. The molecule has 1 amide bonds. The molecule has 0 aromatic carbocycles. The van der Waals surface area contributed by atoms with Gasteiger partial charge in [0.2, 0.25) is 5.76 Å². The maximum atomic E-state index is 11.7. The summed E-state index contributed by atoms with van der Waals surface area (Å²) in [6.45, 7) is 0. The molecule has 0 aliphatic rings. The topological polar surface area (TPSA) is 72.4 Å². The first-order valence-electron chi connectivity index (χ1n) is 4.98. The lowest BCUT2D eigenvalue weighted by Crippen LogP contribution is -2.11. The summed E-state index contributed by atoms with van der Waals surface area (Å²) in [6.07, 6.45) is 4.89. The SMILES string of the molecule is O=C(Nc1ccn2nccc2c1)c1ccno1. The third-order valence-electron chi connectivity index (χ3n) is 2.32. The number of nitrogens with one attached hydrogen (secondary N) is 1. The van der Waals surface area contributed by atoms with Crippen LogP contribution in [-0.4, -0.2) is 20.7 Å². The van der Waals surface area contributed by atoms with Gasteiger partial charge in [-0.05, 0) is 18.2 Å². The van der Waals surface area contributed by atoms with Crippen molar-refractivity contribution in [3.8, 4) is 0 Å². The molecule has 0 aliphatic carbocycles. The monoisotopic (exact) mass is 228 g/mol. The molecular formula is C11H8N4O2. The van der Waals surface area contributed by atoms with Crippen LogP contribution < -0.4 is 5.32 Å². The fourth-order valence-electron chi connectivity index (χ4n) is 1.53. The third-order valence-corrected chi connectivity index (χ3v) is 2.32. The number of aromatic nitrogens is 3. The van der Waals surface area contributed by atoms with Crippen molar-refractivity contribution in [3.63, 3.8) is 0 Å². The molecule has 1 N–H and O–H groups in total. The smallest absolute Gasteiger partial charge is 0.294 e. The Hall–Kier alpha value is -2.63. The Labute approximate surface area is 95.8 Å². The lowest BCUT2D eigenvalue weighted by atomic mass is 10.3. The van der Waals surface area contributed by atoms with Gasteiger partial charge in [-0.3, -0.25) is 4.79 Å². The average molecular weight is 228 g/mol. The number of hydrogen-bond donors (Lipinski definition) is 1. The van der Waals surface area contributed by atoms with Crippen LogP contribution in [0, 0.1) is 0 Å². The van der Waals surface area contributed by atoms with Gasteiger partial charge >= 0.3 is 0 Å². The molecule has 0 saturated heterocycles. The Morgan fingerprint density at radius 2 is 2.24 bits per heavy atom. The Bertz CT molecular complexity index is 657. The van der Waals surface area contributed by atoms with Crippen LogP contribution in [0.2, 0.25) is 0 Å².